The number of benzene rings is 2. The van der Waals surface area contributed by atoms with Crippen molar-refractivity contribution in [3.05, 3.63) is 78.9 Å². The second kappa shape index (κ2) is 9.82. The van der Waals surface area contributed by atoms with E-state index in [-0.39, 0.29) is 21.4 Å². The maximum absolute atomic E-state index is 13.4. The Labute approximate surface area is 202 Å². The van der Waals surface area contributed by atoms with Crippen molar-refractivity contribution in [1.82, 2.24) is 23.9 Å². The molecule has 0 spiro atoms. The van der Waals surface area contributed by atoms with E-state index in [1.54, 1.807) is 12.1 Å². The van der Waals surface area contributed by atoms with Gasteiger partial charge in [0.05, 0.1) is 30.6 Å². The summed E-state index contributed by atoms with van der Waals surface area (Å²) in [6.45, 7) is -0.429. The van der Waals surface area contributed by atoms with E-state index >= 15 is 0 Å². The molecule has 0 aliphatic carbocycles. The normalized spacial score (nSPS) is 11.8. The second-order valence-corrected chi connectivity index (χ2v) is 10.6. The fourth-order valence-corrected chi connectivity index (χ4v) is 5.33. The van der Waals surface area contributed by atoms with Crippen LogP contribution in [0, 0.1) is 0 Å². The molecule has 2 aromatic carbocycles. The topological polar surface area (TPSA) is 142 Å². The van der Waals surface area contributed by atoms with Gasteiger partial charge in [-0.2, -0.15) is 8.42 Å². The molecule has 11 nitrogen and oxygen atoms in total. The molecule has 0 unspecified atom stereocenters. The van der Waals surface area contributed by atoms with Gasteiger partial charge in [-0.15, -0.1) is 9.19 Å². The van der Waals surface area contributed by atoms with Crippen molar-refractivity contribution < 1.29 is 26.3 Å². The van der Waals surface area contributed by atoms with Crippen molar-refractivity contribution >= 4 is 20.0 Å². The quantitative estimate of drug-likeness (QED) is 0.354. The smallest absolute Gasteiger partial charge is 0.284 e. The Morgan fingerprint density at radius 3 is 1.89 bits per heavy atom. The fraction of sp³-hybridized carbons (Fsp3) is 0.136. The van der Waals surface area contributed by atoms with Gasteiger partial charge in [0.1, 0.15) is 11.5 Å². The Hall–Kier alpha value is -3.81. The van der Waals surface area contributed by atoms with Crippen molar-refractivity contribution in [3.8, 4) is 22.9 Å². The summed E-state index contributed by atoms with van der Waals surface area (Å²) in [4.78, 5) is 8.15. The summed E-state index contributed by atoms with van der Waals surface area (Å²) in [5, 5.41) is 4.17. The lowest BCUT2D eigenvalue weighted by Crippen LogP contribution is -2.27. The van der Waals surface area contributed by atoms with E-state index in [4.69, 9.17) is 9.47 Å². The molecule has 0 saturated carbocycles. The monoisotopic (exact) mass is 515 g/mol. The van der Waals surface area contributed by atoms with E-state index < -0.39 is 26.6 Å². The number of nitrogens with zero attached hydrogens (tertiary/aromatic N) is 4. The Bertz CT molecular complexity index is 1520. The molecule has 0 saturated heterocycles. The highest BCUT2D eigenvalue weighted by molar-refractivity contribution is 7.90. The molecule has 0 amide bonds. The zero-order valence-corrected chi connectivity index (χ0v) is 20.3. The zero-order valence-electron chi connectivity index (χ0n) is 18.7. The number of pyridine rings is 1. The molecule has 35 heavy (non-hydrogen) atoms. The molecule has 0 fully saturated rings. The van der Waals surface area contributed by atoms with E-state index in [1.165, 1.54) is 75.1 Å². The first-order chi connectivity index (χ1) is 16.7. The number of methoxy groups -OCH3 is 2. The summed E-state index contributed by atoms with van der Waals surface area (Å²) < 4.78 is 65.6. The number of rotatable bonds is 9. The van der Waals surface area contributed by atoms with Gasteiger partial charge >= 0.3 is 0 Å². The standard InChI is InChI=1S/C22H21N5O6S2/c1-32-17-3-7-19(8-4-17)34(28,29)24-15-21-25-22(16-11-13-23-14-12-16)26-27(21)35(30,31)20-9-5-18(33-2)6-10-20/h3-14,24H,15H2,1-2H3. The molecule has 13 heteroatoms. The highest BCUT2D eigenvalue weighted by Crippen LogP contribution is 2.22. The number of aromatic nitrogens is 4. The molecule has 0 atom stereocenters. The molecule has 0 radical (unpaired) electrons. The lowest BCUT2D eigenvalue weighted by atomic mass is 10.2. The first kappa shape index (κ1) is 24.3. The number of hydrogen-bond donors (Lipinski definition) is 1. The van der Waals surface area contributed by atoms with Crippen molar-refractivity contribution in [2.45, 2.75) is 16.3 Å². The average Bonchev–Trinajstić information content (AvgIpc) is 3.33. The minimum atomic E-state index is -4.20. The summed E-state index contributed by atoms with van der Waals surface area (Å²) in [6, 6.07) is 14.7. The third kappa shape index (κ3) is 5.16. The van der Waals surface area contributed by atoms with Crippen molar-refractivity contribution in [2.24, 2.45) is 0 Å². The van der Waals surface area contributed by atoms with Crippen LogP contribution in [0.25, 0.3) is 11.4 Å². The van der Waals surface area contributed by atoms with Crippen LogP contribution in [0.15, 0.2) is 82.8 Å². The van der Waals surface area contributed by atoms with Crippen molar-refractivity contribution in [2.75, 3.05) is 14.2 Å². The molecule has 1 N–H and O–H groups in total. The molecule has 4 rings (SSSR count). The number of nitrogens with one attached hydrogen (secondary N) is 1. The predicted octanol–water partition coefficient (Wildman–Crippen LogP) is 2.07. The van der Waals surface area contributed by atoms with Gasteiger partial charge in [-0.1, -0.05) is 0 Å². The second-order valence-electron chi connectivity index (χ2n) is 7.11. The molecular weight excluding hydrogens is 494 g/mol. The van der Waals surface area contributed by atoms with Gasteiger partial charge in [-0.3, -0.25) is 4.98 Å². The number of sulfonamides is 1. The van der Waals surface area contributed by atoms with Crippen LogP contribution in [0.2, 0.25) is 0 Å². The summed E-state index contributed by atoms with van der Waals surface area (Å²) >= 11 is 0. The zero-order chi connectivity index (χ0) is 25.1. The highest BCUT2D eigenvalue weighted by atomic mass is 32.2. The number of hydrogen-bond acceptors (Lipinski definition) is 9. The molecule has 0 aliphatic heterocycles. The van der Waals surface area contributed by atoms with Crippen molar-refractivity contribution in [3.63, 3.8) is 0 Å². The van der Waals surface area contributed by atoms with Crippen molar-refractivity contribution in [1.29, 1.82) is 0 Å². The van der Waals surface area contributed by atoms with E-state index in [0.29, 0.717) is 17.1 Å². The Balaban J connectivity index is 1.71. The molecule has 4 aromatic rings. The Morgan fingerprint density at radius 1 is 0.800 bits per heavy atom. The lowest BCUT2D eigenvalue weighted by molar-refractivity contribution is 0.414. The molecule has 2 aromatic heterocycles. The van der Waals surface area contributed by atoms with Gasteiger partial charge in [0.15, 0.2) is 11.6 Å². The van der Waals surface area contributed by atoms with Crippen LogP contribution in [0.1, 0.15) is 5.82 Å². The number of ether oxygens (including phenoxy) is 2. The van der Waals surface area contributed by atoms with E-state index in [9.17, 15) is 16.8 Å². The SMILES string of the molecule is COc1ccc(S(=O)(=O)NCc2nc(-c3ccncc3)nn2S(=O)(=O)c2ccc(OC)cc2)cc1. The van der Waals surface area contributed by atoms with E-state index in [2.05, 4.69) is 19.8 Å². The first-order valence-electron chi connectivity index (χ1n) is 10.1. The van der Waals surface area contributed by atoms with Crippen LogP contribution in [-0.2, 0) is 26.6 Å². The third-order valence-corrected chi connectivity index (χ3v) is 7.99. The molecular formula is C22H21N5O6S2. The van der Waals surface area contributed by atoms with Crippen LogP contribution < -0.4 is 14.2 Å². The minimum Gasteiger partial charge on any atom is -0.497 e. The van der Waals surface area contributed by atoms with Crippen LogP contribution in [0.3, 0.4) is 0 Å². The van der Waals surface area contributed by atoms with Gasteiger partial charge in [0, 0.05) is 18.0 Å². The molecule has 2 heterocycles. The van der Waals surface area contributed by atoms with Crippen LogP contribution >= 0.6 is 0 Å². The fourth-order valence-electron chi connectivity index (χ4n) is 3.10. The summed E-state index contributed by atoms with van der Waals surface area (Å²) in [6.07, 6.45) is 3.03. The van der Waals surface area contributed by atoms with Gasteiger partial charge in [0.2, 0.25) is 10.0 Å². The lowest BCUT2D eigenvalue weighted by Gasteiger charge is -2.10. The predicted molar refractivity (Wildman–Crippen MR) is 126 cm³/mol. The van der Waals surface area contributed by atoms with Gasteiger partial charge < -0.3 is 9.47 Å². The summed E-state index contributed by atoms with van der Waals surface area (Å²) in [5.41, 5.74) is 0.517. The minimum absolute atomic E-state index is 0.0169. The molecule has 182 valence electrons. The first-order valence-corrected chi connectivity index (χ1v) is 13.1. The average molecular weight is 516 g/mol. The Kier molecular flexibility index (Phi) is 6.82. The van der Waals surface area contributed by atoms with Crippen LogP contribution in [0.4, 0.5) is 0 Å². The molecule has 0 aliphatic rings. The summed E-state index contributed by atoms with van der Waals surface area (Å²) in [5.74, 6) is 0.955. The third-order valence-electron chi connectivity index (χ3n) is 4.95. The maximum atomic E-state index is 13.4. The van der Waals surface area contributed by atoms with E-state index in [1.807, 2.05) is 0 Å². The summed E-state index contributed by atoms with van der Waals surface area (Å²) in [7, 11) is -5.25. The van der Waals surface area contributed by atoms with Crippen LogP contribution in [0.5, 0.6) is 11.5 Å². The van der Waals surface area contributed by atoms with Gasteiger partial charge in [-0.05, 0) is 60.7 Å². The molecule has 0 bridgehead atoms. The van der Waals surface area contributed by atoms with Gasteiger partial charge in [0.25, 0.3) is 10.0 Å². The largest absolute Gasteiger partial charge is 0.497 e. The highest BCUT2D eigenvalue weighted by Gasteiger charge is 2.26. The van der Waals surface area contributed by atoms with Crippen LogP contribution in [-0.4, -0.2) is 50.2 Å². The van der Waals surface area contributed by atoms with E-state index in [0.717, 1.165) is 4.09 Å². The van der Waals surface area contributed by atoms with Gasteiger partial charge in [-0.25, -0.2) is 18.1 Å². The maximum Gasteiger partial charge on any atom is 0.284 e. The Morgan fingerprint density at radius 2 is 1.34 bits per heavy atom.